The number of hydrogen-bond acceptors (Lipinski definition) is 4. The minimum atomic E-state index is -1.87. The van der Waals surface area contributed by atoms with Crippen LogP contribution in [0, 0.1) is 0 Å². The van der Waals surface area contributed by atoms with E-state index in [4.69, 9.17) is 74.0 Å². The maximum absolute atomic E-state index is 5.89. The van der Waals surface area contributed by atoms with Crippen LogP contribution in [0.5, 0.6) is 0 Å². The van der Waals surface area contributed by atoms with Crippen LogP contribution >= 0.6 is 69.6 Å². The largest absolute Gasteiger partial charge is 0.460 e. The van der Waals surface area contributed by atoms with Crippen LogP contribution in [0.4, 0.5) is 0 Å². The van der Waals surface area contributed by atoms with E-state index in [2.05, 4.69) is 15.0 Å². The molecule has 0 saturated carbocycles. The third kappa shape index (κ3) is 3.38. The van der Waals surface area contributed by atoms with E-state index in [9.17, 15) is 0 Å². The van der Waals surface area contributed by atoms with E-state index in [-0.39, 0.29) is 22.7 Å². The molecule has 0 aliphatic heterocycles. The summed E-state index contributed by atoms with van der Waals surface area (Å²) in [6, 6.07) is 0. The standard InChI is InChI=1S/C9H3Cl6N3O/c10-8(11,12)4-1-19-6(5(4)9(13,14)15)7-17-2-16-3-18-7/h1-3H. The molecule has 0 N–H and O–H groups in total. The Morgan fingerprint density at radius 1 is 0.895 bits per heavy atom. The van der Waals surface area contributed by atoms with Crippen LogP contribution in [-0.4, -0.2) is 15.0 Å². The number of nitrogens with zero attached hydrogens (tertiary/aromatic N) is 3. The summed E-state index contributed by atoms with van der Waals surface area (Å²) in [6.07, 6.45) is 3.72. The van der Waals surface area contributed by atoms with Crippen LogP contribution in [0.1, 0.15) is 11.1 Å². The van der Waals surface area contributed by atoms with Crippen molar-refractivity contribution in [3.05, 3.63) is 30.0 Å². The first-order valence-electron chi connectivity index (χ1n) is 4.59. The van der Waals surface area contributed by atoms with Crippen molar-refractivity contribution in [2.24, 2.45) is 0 Å². The van der Waals surface area contributed by atoms with Gasteiger partial charge in [-0.2, -0.15) is 0 Å². The van der Waals surface area contributed by atoms with Gasteiger partial charge in [0.15, 0.2) is 11.6 Å². The molecule has 0 atom stereocenters. The normalized spacial score (nSPS) is 12.7. The highest BCUT2D eigenvalue weighted by Crippen LogP contribution is 2.51. The fourth-order valence-corrected chi connectivity index (χ4v) is 2.35. The molecule has 0 unspecified atom stereocenters. The van der Waals surface area contributed by atoms with E-state index < -0.39 is 7.59 Å². The molecule has 0 radical (unpaired) electrons. The van der Waals surface area contributed by atoms with E-state index >= 15 is 0 Å². The van der Waals surface area contributed by atoms with Gasteiger partial charge in [-0.3, -0.25) is 0 Å². The number of rotatable bonds is 1. The maximum atomic E-state index is 5.89. The highest BCUT2D eigenvalue weighted by atomic mass is 35.6. The molecule has 0 aromatic carbocycles. The van der Waals surface area contributed by atoms with Crippen molar-refractivity contribution in [1.29, 1.82) is 0 Å². The van der Waals surface area contributed by atoms with Crippen molar-refractivity contribution in [1.82, 2.24) is 15.0 Å². The molecule has 0 amide bonds. The van der Waals surface area contributed by atoms with E-state index in [1.54, 1.807) is 0 Å². The molecule has 0 spiro atoms. The molecule has 0 fully saturated rings. The third-order valence-electron chi connectivity index (χ3n) is 2.08. The monoisotopic (exact) mass is 379 g/mol. The summed E-state index contributed by atoms with van der Waals surface area (Å²) in [5.41, 5.74) is 0.177. The van der Waals surface area contributed by atoms with Crippen molar-refractivity contribution >= 4 is 69.6 Å². The summed E-state index contributed by atoms with van der Waals surface area (Å²) in [5.74, 6) is 0.264. The lowest BCUT2D eigenvalue weighted by molar-refractivity contribution is 0.571. The van der Waals surface area contributed by atoms with Crippen molar-refractivity contribution < 1.29 is 4.42 Å². The number of aromatic nitrogens is 3. The Morgan fingerprint density at radius 3 is 1.95 bits per heavy atom. The Bertz CT molecular complexity index is 574. The Hall–Kier alpha value is 0.0300. The zero-order valence-electron chi connectivity index (χ0n) is 8.75. The summed E-state index contributed by atoms with van der Waals surface area (Å²) < 4.78 is 1.60. The van der Waals surface area contributed by atoms with Crippen molar-refractivity contribution in [3.63, 3.8) is 0 Å². The molecule has 10 heteroatoms. The lowest BCUT2D eigenvalue weighted by atomic mass is 10.1. The Labute approximate surface area is 137 Å². The van der Waals surface area contributed by atoms with Gasteiger partial charge in [-0.1, -0.05) is 69.6 Å². The predicted octanol–water partition coefficient (Wildman–Crippen LogP) is 4.79. The van der Waals surface area contributed by atoms with Gasteiger partial charge in [-0.25, -0.2) is 15.0 Å². The number of halogens is 6. The molecule has 2 aromatic rings. The van der Waals surface area contributed by atoms with Crippen LogP contribution in [-0.2, 0) is 7.59 Å². The lowest BCUT2D eigenvalue weighted by Crippen LogP contribution is -2.10. The molecule has 2 rings (SSSR count). The summed E-state index contributed by atoms with van der Waals surface area (Å²) in [5, 5.41) is 0. The summed E-state index contributed by atoms with van der Waals surface area (Å²) in [4.78, 5) is 11.5. The van der Waals surface area contributed by atoms with Crippen molar-refractivity contribution in [3.8, 4) is 11.6 Å². The molecule has 0 aliphatic carbocycles. The summed E-state index contributed by atoms with van der Waals surface area (Å²) >= 11 is 35.1. The SMILES string of the molecule is ClC(Cl)(Cl)c1coc(-c2ncncn2)c1C(Cl)(Cl)Cl. The lowest BCUT2D eigenvalue weighted by Gasteiger charge is -2.17. The first-order valence-corrected chi connectivity index (χ1v) is 6.86. The van der Waals surface area contributed by atoms with Gasteiger partial charge >= 0.3 is 0 Å². The van der Waals surface area contributed by atoms with Gasteiger partial charge in [0.2, 0.25) is 7.59 Å². The summed E-state index contributed by atoms with van der Waals surface area (Å²) in [7, 11) is 0. The molecular weight excluding hydrogens is 379 g/mol. The maximum Gasteiger partial charge on any atom is 0.220 e. The molecule has 0 saturated heterocycles. The number of furan rings is 1. The average Bonchev–Trinajstić information content (AvgIpc) is 2.74. The van der Waals surface area contributed by atoms with Gasteiger partial charge in [0.1, 0.15) is 12.7 Å². The highest BCUT2D eigenvalue weighted by Gasteiger charge is 2.40. The molecule has 2 aromatic heterocycles. The second kappa shape index (κ2) is 5.43. The molecule has 0 bridgehead atoms. The minimum Gasteiger partial charge on any atom is -0.460 e. The second-order valence-corrected chi connectivity index (χ2v) is 7.87. The predicted molar refractivity (Wildman–Crippen MR) is 76.0 cm³/mol. The first-order chi connectivity index (χ1) is 8.71. The van der Waals surface area contributed by atoms with Gasteiger partial charge in [-0.05, 0) is 0 Å². The average molecular weight is 382 g/mol. The minimum absolute atomic E-state index is 0.0729. The van der Waals surface area contributed by atoms with Crippen LogP contribution in [0.15, 0.2) is 23.3 Å². The molecule has 19 heavy (non-hydrogen) atoms. The smallest absolute Gasteiger partial charge is 0.220 e. The van der Waals surface area contributed by atoms with Gasteiger partial charge in [0.25, 0.3) is 0 Å². The Morgan fingerprint density at radius 2 is 1.47 bits per heavy atom. The third-order valence-corrected chi connectivity index (χ3v) is 3.25. The van der Waals surface area contributed by atoms with E-state index in [1.807, 2.05) is 0 Å². The second-order valence-electron chi connectivity index (χ2n) is 3.31. The number of alkyl halides is 6. The van der Waals surface area contributed by atoms with Crippen molar-refractivity contribution in [2.45, 2.75) is 7.59 Å². The van der Waals surface area contributed by atoms with E-state index in [1.165, 1.54) is 18.9 Å². The zero-order chi connectivity index (χ0) is 14.3. The van der Waals surface area contributed by atoms with Gasteiger partial charge in [-0.15, -0.1) is 0 Å². The van der Waals surface area contributed by atoms with Crippen LogP contribution in [0.25, 0.3) is 11.6 Å². The molecule has 0 aliphatic rings. The molecule has 102 valence electrons. The van der Waals surface area contributed by atoms with E-state index in [0.29, 0.717) is 0 Å². The van der Waals surface area contributed by atoms with Gasteiger partial charge < -0.3 is 4.42 Å². The topological polar surface area (TPSA) is 51.8 Å². The van der Waals surface area contributed by atoms with Crippen LogP contribution in [0.3, 0.4) is 0 Å². The first kappa shape index (κ1) is 15.4. The fourth-order valence-electron chi connectivity index (χ4n) is 1.37. The highest BCUT2D eigenvalue weighted by molar-refractivity contribution is 6.69. The van der Waals surface area contributed by atoms with Crippen LogP contribution < -0.4 is 0 Å². The number of hydrogen-bond donors (Lipinski definition) is 0. The molecule has 4 nitrogen and oxygen atoms in total. The Balaban J connectivity index is 2.68. The van der Waals surface area contributed by atoms with Gasteiger partial charge in [0.05, 0.1) is 11.8 Å². The molecular formula is C9H3Cl6N3O. The van der Waals surface area contributed by atoms with Gasteiger partial charge in [0, 0.05) is 5.56 Å². The Kier molecular flexibility index (Phi) is 4.41. The van der Waals surface area contributed by atoms with E-state index in [0.717, 1.165) is 0 Å². The quantitative estimate of drug-likeness (QED) is 0.667. The molecule has 2 heterocycles. The zero-order valence-corrected chi connectivity index (χ0v) is 13.3. The summed E-state index contributed by atoms with van der Waals surface area (Å²) in [6.45, 7) is 0. The van der Waals surface area contributed by atoms with Crippen LogP contribution in [0.2, 0.25) is 0 Å². The fraction of sp³-hybridized carbons (Fsp3) is 0.222. The van der Waals surface area contributed by atoms with Crippen molar-refractivity contribution in [2.75, 3.05) is 0 Å².